The molecule has 1 atom stereocenters. The number of ether oxygens (including phenoxy) is 1. The largest absolute Gasteiger partial charge is 0.497 e. The van der Waals surface area contributed by atoms with E-state index in [1.165, 1.54) is 0 Å². The van der Waals surface area contributed by atoms with E-state index in [0.717, 1.165) is 17.1 Å². The molecule has 4 nitrogen and oxygen atoms in total. The fourth-order valence-electron chi connectivity index (χ4n) is 1.77. The van der Waals surface area contributed by atoms with E-state index >= 15 is 0 Å². The Morgan fingerprint density at radius 1 is 1.53 bits per heavy atom. The van der Waals surface area contributed by atoms with Gasteiger partial charge < -0.3 is 15.4 Å². The van der Waals surface area contributed by atoms with E-state index in [0.29, 0.717) is 13.0 Å². The van der Waals surface area contributed by atoms with Gasteiger partial charge in [-0.25, -0.2) is 0 Å². The molecule has 0 aliphatic carbocycles. The Labute approximate surface area is 119 Å². The van der Waals surface area contributed by atoms with E-state index in [-0.39, 0.29) is 5.91 Å². The second kappa shape index (κ2) is 8.07. The summed E-state index contributed by atoms with van der Waals surface area (Å²) in [5.41, 5.74) is 6.92. The molecule has 5 heteroatoms. The van der Waals surface area contributed by atoms with Crippen molar-refractivity contribution in [3.8, 4) is 5.75 Å². The summed E-state index contributed by atoms with van der Waals surface area (Å²) in [6.07, 6.45) is 2.72. The lowest BCUT2D eigenvalue weighted by molar-refractivity contribution is -0.131. The van der Waals surface area contributed by atoms with Crippen molar-refractivity contribution in [3.63, 3.8) is 0 Å². The minimum Gasteiger partial charge on any atom is -0.497 e. The molecule has 2 N–H and O–H groups in total. The van der Waals surface area contributed by atoms with Crippen LogP contribution < -0.4 is 10.5 Å². The SMILES string of the molecule is COc1cccc(CN(C)C(=O)[C@H](N)CCSC)c1. The molecule has 19 heavy (non-hydrogen) atoms. The first kappa shape index (κ1) is 15.9. The Morgan fingerprint density at radius 3 is 2.89 bits per heavy atom. The number of likely N-dealkylation sites (N-methyl/N-ethyl adjacent to an activating group) is 1. The minimum atomic E-state index is -0.414. The van der Waals surface area contributed by atoms with Gasteiger partial charge in [0.25, 0.3) is 0 Å². The maximum Gasteiger partial charge on any atom is 0.239 e. The van der Waals surface area contributed by atoms with Gasteiger partial charge in [-0.3, -0.25) is 4.79 Å². The molecular weight excluding hydrogens is 260 g/mol. The van der Waals surface area contributed by atoms with Gasteiger partial charge in [-0.1, -0.05) is 12.1 Å². The van der Waals surface area contributed by atoms with Crippen LogP contribution in [0.15, 0.2) is 24.3 Å². The first-order valence-electron chi connectivity index (χ1n) is 6.21. The van der Waals surface area contributed by atoms with Crippen LogP contribution in [0.5, 0.6) is 5.75 Å². The molecule has 0 radical (unpaired) electrons. The third kappa shape index (κ3) is 5.12. The number of benzene rings is 1. The Hall–Kier alpha value is -1.20. The molecule has 0 fully saturated rings. The lowest BCUT2D eigenvalue weighted by Crippen LogP contribution is -2.41. The fraction of sp³-hybridized carbons (Fsp3) is 0.500. The zero-order valence-corrected chi connectivity index (χ0v) is 12.6. The maximum atomic E-state index is 12.1. The Kier molecular flexibility index (Phi) is 6.73. The van der Waals surface area contributed by atoms with Crippen molar-refractivity contribution in [2.24, 2.45) is 5.73 Å². The average Bonchev–Trinajstić information content (AvgIpc) is 2.43. The zero-order chi connectivity index (χ0) is 14.3. The van der Waals surface area contributed by atoms with E-state index < -0.39 is 6.04 Å². The van der Waals surface area contributed by atoms with Gasteiger partial charge in [-0.2, -0.15) is 11.8 Å². The summed E-state index contributed by atoms with van der Waals surface area (Å²) >= 11 is 1.70. The van der Waals surface area contributed by atoms with Crippen LogP contribution in [-0.2, 0) is 11.3 Å². The van der Waals surface area contributed by atoms with Gasteiger partial charge in [0.05, 0.1) is 13.2 Å². The highest BCUT2D eigenvalue weighted by molar-refractivity contribution is 7.98. The van der Waals surface area contributed by atoms with Crippen LogP contribution in [0, 0.1) is 0 Å². The van der Waals surface area contributed by atoms with Crippen molar-refractivity contribution in [3.05, 3.63) is 29.8 Å². The number of nitrogens with zero attached hydrogens (tertiary/aromatic N) is 1. The third-order valence-corrected chi connectivity index (χ3v) is 3.52. The number of carbonyl (C=O) groups is 1. The first-order valence-corrected chi connectivity index (χ1v) is 7.60. The summed E-state index contributed by atoms with van der Waals surface area (Å²) in [5.74, 6) is 1.68. The number of amides is 1. The molecule has 106 valence electrons. The van der Waals surface area contributed by atoms with Gasteiger partial charge in [-0.15, -0.1) is 0 Å². The topological polar surface area (TPSA) is 55.6 Å². The molecule has 0 aliphatic rings. The molecule has 1 amide bonds. The quantitative estimate of drug-likeness (QED) is 0.827. The van der Waals surface area contributed by atoms with Gasteiger partial charge >= 0.3 is 0 Å². The molecule has 0 aromatic heterocycles. The molecule has 1 rings (SSSR count). The molecule has 0 bridgehead atoms. The first-order chi connectivity index (χ1) is 9.08. The van der Waals surface area contributed by atoms with E-state index in [2.05, 4.69) is 0 Å². The molecule has 0 saturated heterocycles. The van der Waals surface area contributed by atoms with Crippen molar-refractivity contribution >= 4 is 17.7 Å². The standard InChI is InChI=1S/C14H22N2O2S/c1-16(14(17)13(15)7-8-19-3)10-11-5-4-6-12(9-11)18-2/h4-6,9,13H,7-8,10,15H2,1-3H3/t13-/m1/s1. The monoisotopic (exact) mass is 282 g/mol. The molecule has 0 saturated carbocycles. The van der Waals surface area contributed by atoms with Crippen molar-refractivity contribution in [2.75, 3.05) is 26.2 Å². The summed E-state index contributed by atoms with van der Waals surface area (Å²) in [6.45, 7) is 0.545. The van der Waals surface area contributed by atoms with Crippen LogP contribution in [0.25, 0.3) is 0 Å². The molecule has 0 unspecified atom stereocenters. The number of carbonyl (C=O) groups excluding carboxylic acids is 1. The molecule has 0 aliphatic heterocycles. The fourth-order valence-corrected chi connectivity index (χ4v) is 2.26. The van der Waals surface area contributed by atoms with Gasteiger partial charge in [-0.05, 0) is 36.1 Å². The lowest BCUT2D eigenvalue weighted by Gasteiger charge is -2.21. The molecule has 1 aromatic carbocycles. The lowest BCUT2D eigenvalue weighted by atomic mass is 10.1. The average molecular weight is 282 g/mol. The molecular formula is C14H22N2O2S. The smallest absolute Gasteiger partial charge is 0.239 e. The van der Waals surface area contributed by atoms with Gasteiger partial charge in [0, 0.05) is 13.6 Å². The van der Waals surface area contributed by atoms with Crippen LogP contribution in [-0.4, -0.2) is 43.0 Å². The highest BCUT2D eigenvalue weighted by Gasteiger charge is 2.17. The summed E-state index contributed by atoms with van der Waals surface area (Å²) in [5, 5.41) is 0. The number of rotatable bonds is 7. The van der Waals surface area contributed by atoms with Crippen LogP contribution >= 0.6 is 11.8 Å². The summed E-state index contributed by atoms with van der Waals surface area (Å²) in [7, 11) is 3.41. The number of thioether (sulfide) groups is 1. The molecule has 0 spiro atoms. The second-order valence-corrected chi connectivity index (χ2v) is 5.42. The Bertz CT molecular complexity index is 412. The van der Waals surface area contributed by atoms with E-state index in [1.54, 1.807) is 30.8 Å². The number of methoxy groups -OCH3 is 1. The highest BCUT2D eigenvalue weighted by Crippen LogP contribution is 2.14. The third-order valence-electron chi connectivity index (χ3n) is 2.88. The summed E-state index contributed by atoms with van der Waals surface area (Å²) < 4.78 is 5.17. The van der Waals surface area contributed by atoms with Crippen molar-refractivity contribution in [1.82, 2.24) is 4.90 Å². The van der Waals surface area contributed by atoms with E-state index in [9.17, 15) is 4.79 Å². The predicted octanol–water partition coefficient (Wildman–Crippen LogP) is 1.73. The van der Waals surface area contributed by atoms with Gasteiger partial charge in [0.15, 0.2) is 0 Å². The number of hydrogen-bond donors (Lipinski definition) is 1. The van der Waals surface area contributed by atoms with Gasteiger partial charge in [0.1, 0.15) is 5.75 Å². The summed E-state index contributed by atoms with van der Waals surface area (Å²) in [6, 6.07) is 7.29. The molecule has 1 aromatic rings. The normalized spacial score (nSPS) is 12.0. The van der Waals surface area contributed by atoms with Gasteiger partial charge in [0.2, 0.25) is 5.91 Å². The Morgan fingerprint density at radius 2 is 2.26 bits per heavy atom. The zero-order valence-electron chi connectivity index (χ0n) is 11.8. The van der Waals surface area contributed by atoms with Crippen LogP contribution in [0.2, 0.25) is 0 Å². The number of nitrogens with two attached hydrogens (primary N) is 1. The minimum absolute atomic E-state index is 0.0168. The Balaban J connectivity index is 2.57. The van der Waals surface area contributed by atoms with Crippen LogP contribution in [0.1, 0.15) is 12.0 Å². The highest BCUT2D eigenvalue weighted by atomic mass is 32.2. The number of hydrogen-bond acceptors (Lipinski definition) is 4. The van der Waals surface area contributed by atoms with Crippen molar-refractivity contribution in [1.29, 1.82) is 0 Å². The summed E-state index contributed by atoms with van der Waals surface area (Å²) in [4.78, 5) is 13.7. The van der Waals surface area contributed by atoms with E-state index in [4.69, 9.17) is 10.5 Å². The predicted molar refractivity (Wildman–Crippen MR) is 80.4 cm³/mol. The van der Waals surface area contributed by atoms with Crippen molar-refractivity contribution < 1.29 is 9.53 Å². The van der Waals surface area contributed by atoms with Crippen molar-refractivity contribution in [2.45, 2.75) is 19.0 Å². The molecule has 0 heterocycles. The van der Waals surface area contributed by atoms with E-state index in [1.807, 2.05) is 30.5 Å². The second-order valence-electron chi connectivity index (χ2n) is 4.43. The maximum absolute atomic E-state index is 12.1. The van der Waals surface area contributed by atoms with Crippen LogP contribution in [0.4, 0.5) is 0 Å². The van der Waals surface area contributed by atoms with Crippen LogP contribution in [0.3, 0.4) is 0 Å².